The van der Waals surface area contributed by atoms with Gasteiger partial charge in [-0.25, -0.2) is 4.98 Å². The Bertz CT molecular complexity index is 310. The lowest BCUT2D eigenvalue weighted by Gasteiger charge is -2.07. The highest BCUT2D eigenvalue weighted by atomic mass is 16.5. The SMILES string of the molecule is COc1ncccc1C(=O)C(C)N. The molecule has 0 aliphatic rings. The number of hydrogen-bond donors (Lipinski definition) is 1. The summed E-state index contributed by atoms with van der Waals surface area (Å²) < 4.78 is 4.93. The third-order valence-electron chi connectivity index (χ3n) is 1.64. The van der Waals surface area contributed by atoms with Gasteiger partial charge >= 0.3 is 0 Å². The predicted molar refractivity (Wildman–Crippen MR) is 48.8 cm³/mol. The van der Waals surface area contributed by atoms with Gasteiger partial charge in [-0.2, -0.15) is 0 Å². The Morgan fingerprint density at radius 3 is 2.92 bits per heavy atom. The highest BCUT2D eigenvalue weighted by Crippen LogP contribution is 2.14. The Morgan fingerprint density at radius 2 is 2.38 bits per heavy atom. The van der Waals surface area contributed by atoms with E-state index in [4.69, 9.17) is 10.5 Å². The highest BCUT2D eigenvalue weighted by Gasteiger charge is 2.15. The van der Waals surface area contributed by atoms with Crippen LogP contribution in [0.1, 0.15) is 17.3 Å². The Hall–Kier alpha value is -1.42. The maximum absolute atomic E-state index is 11.5. The van der Waals surface area contributed by atoms with Crippen LogP contribution in [0.2, 0.25) is 0 Å². The van der Waals surface area contributed by atoms with Crippen molar-refractivity contribution in [2.24, 2.45) is 5.73 Å². The van der Waals surface area contributed by atoms with E-state index in [9.17, 15) is 4.79 Å². The zero-order chi connectivity index (χ0) is 9.84. The standard InChI is InChI=1S/C9H12N2O2/c1-6(10)8(12)7-4-3-5-11-9(7)13-2/h3-6H,10H2,1-2H3. The zero-order valence-electron chi connectivity index (χ0n) is 7.65. The van der Waals surface area contributed by atoms with Crippen LogP contribution in [-0.2, 0) is 0 Å². The molecule has 0 aromatic carbocycles. The Kier molecular flexibility index (Phi) is 2.97. The smallest absolute Gasteiger partial charge is 0.224 e. The van der Waals surface area contributed by atoms with E-state index < -0.39 is 6.04 Å². The van der Waals surface area contributed by atoms with Gasteiger partial charge in [0.15, 0.2) is 5.78 Å². The number of Topliss-reactive ketones (excluding diaryl/α,β-unsaturated/α-hetero) is 1. The van der Waals surface area contributed by atoms with Crippen LogP contribution in [-0.4, -0.2) is 23.9 Å². The topological polar surface area (TPSA) is 65.2 Å². The number of carbonyl (C=O) groups is 1. The summed E-state index contributed by atoms with van der Waals surface area (Å²) in [4.78, 5) is 15.4. The van der Waals surface area contributed by atoms with E-state index in [2.05, 4.69) is 4.98 Å². The lowest BCUT2D eigenvalue weighted by molar-refractivity contribution is 0.0964. The molecule has 1 rings (SSSR count). The lowest BCUT2D eigenvalue weighted by atomic mass is 10.1. The molecular weight excluding hydrogens is 168 g/mol. The molecule has 1 aromatic rings. The summed E-state index contributed by atoms with van der Waals surface area (Å²) >= 11 is 0. The summed E-state index contributed by atoms with van der Waals surface area (Å²) in [6.45, 7) is 1.63. The van der Waals surface area contributed by atoms with Crippen molar-refractivity contribution in [2.75, 3.05) is 7.11 Å². The normalized spacial score (nSPS) is 12.2. The molecule has 0 bridgehead atoms. The van der Waals surface area contributed by atoms with Gasteiger partial charge < -0.3 is 10.5 Å². The van der Waals surface area contributed by atoms with Crippen LogP contribution in [0, 0.1) is 0 Å². The van der Waals surface area contributed by atoms with Crippen molar-refractivity contribution in [3.63, 3.8) is 0 Å². The van der Waals surface area contributed by atoms with Gasteiger partial charge in [0, 0.05) is 6.20 Å². The number of nitrogens with two attached hydrogens (primary N) is 1. The summed E-state index contributed by atoms with van der Waals surface area (Å²) in [6.07, 6.45) is 1.57. The van der Waals surface area contributed by atoms with E-state index in [1.54, 1.807) is 25.3 Å². The first kappa shape index (κ1) is 9.67. The van der Waals surface area contributed by atoms with Crippen molar-refractivity contribution in [1.29, 1.82) is 0 Å². The maximum Gasteiger partial charge on any atom is 0.224 e. The lowest BCUT2D eigenvalue weighted by Crippen LogP contribution is -2.27. The van der Waals surface area contributed by atoms with Crippen molar-refractivity contribution in [3.05, 3.63) is 23.9 Å². The first-order chi connectivity index (χ1) is 6.16. The molecule has 0 spiro atoms. The number of hydrogen-bond acceptors (Lipinski definition) is 4. The van der Waals surface area contributed by atoms with Crippen LogP contribution < -0.4 is 10.5 Å². The van der Waals surface area contributed by atoms with Crippen molar-refractivity contribution < 1.29 is 9.53 Å². The van der Waals surface area contributed by atoms with Crippen LogP contribution in [0.4, 0.5) is 0 Å². The number of nitrogens with zero attached hydrogens (tertiary/aromatic N) is 1. The second kappa shape index (κ2) is 4.00. The first-order valence-electron chi connectivity index (χ1n) is 3.95. The van der Waals surface area contributed by atoms with Gasteiger partial charge in [-0.1, -0.05) is 0 Å². The number of rotatable bonds is 3. The van der Waals surface area contributed by atoms with Crippen LogP contribution in [0.3, 0.4) is 0 Å². The highest BCUT2D eigenvalue weighted by molar-refractivity contribution is 6.01. The van der Waals surface area contributed by atoms with Gasteiger partial charge in [0.25, 0.3) is 0 Å². The van der Waals surface area contributed by atoms with Crippen molar-refractivity contribution >= 4 is 5.78 Å². The van der Waals surface area contributed by atoms with Gasteiger partial charge in [-0.15, -0.1) is 0 Å². The molecule has 1 heterocycles. The number of ether oxygens (including phenoxy) is 1. The fourth-order valence-corrected chi connectivity index (χ4v) is 0.986. The summed E-state index contributed by atoms with van der Waals surface area (Å²) in [5, 5.41) is 0. The number of carbonyl (C=O) groups excluding carboxylic acids is 1. The summed E-state index contributed by atoms with van der Waals surface area (Å²) in [6, 6.07) is 2.80. The molecule has 0 aliphatic carbocycles. The van der Waals surface area contributed by atoms with Gasteiger partial charge in [0.05, 0.1) is 18.7 Å². The van der Waals surface area contributed by atoms with Gasteiger partial charge in [-0.05, 0) is 19.1 Å². The van der Waals surface area contributed by atoms with Crippen molar-refractivity contribution in [1.82, 2.24) is 4.98 Å². The van der Waals surface area contributed by atoms with E-state index in [-0.39, 0.29) is 5.78 Å². The fraction of sp³-hybridized carbons (Fsp3) is 0.333. The number of aromatic nitrogens is 1. The molecule has 0 saturated carbocycles. The molecule has 0 aliphatic heterocycles. The summed E-state index contributed by atoms with van der Waals surface area (Å²) in [5.41, 5.74) is 5.89. The number of ketones is 1. The van der Waals surface area contributed by atoms with E-state index in [1.807, 2.05) is 0 Å². The van der Waals surface area contributed by atoms with E-state index in [0.29, 0.717) is 11.4 Å². The molecule has 13 heavy (non-hydrogen) atoms. The largest absolute Gasteiger partial charge is 0.480 e. The minimum absolute atomic E-state index is 0.162. The summed E-state index contributed by atoms with van der Waals surface area (Å²) in [5.74, 6) is 0.162. The van der Waals surface area contributed by atoms with Gasteiger partial charge in [0.2, 0.25) is 5.88 Å². The zero-order valence-corrected chi connectivity index (χ0v) is 7.65. The average Bonchev–Trinajstić information content (AvgIpc) is 2.16. The van der Waals surface area contributed by atoms with Gasteiger partial charge in [-0.3, -0.25) is 4.79 Å². The number of pyridine rings is 1. The molecule has 2 N–H and O–H groups in total. The molecule has 70 valence electrons. The van der Waals surface area contributed by atoms with Crippen LogP contribution >= 0.6 is 0 Å². The van der Waals surface area contributed by atoms with Crippen molar-refractivity contribution in [2.45, 2.75) is 13.0 Å². The molecule has 0 amide bonds. The Labute approximate surface area is 76.7 Å². The third-order valence-corrected chi connectivity index (χ3v) is 1.64. The van der Waals surface area contributed by atoms with E-state index in [1.165, 1.54) is 7.11 Å². The average molecular weight is 180 g/mol. The first-order valence-corrected chi connectivity index (χ1v) is 3.95. The molecule has 4 heteroatoms. The van der Waals surface area contributed by atoms with Crippen LogP contribution in [0.5, 0.6) is 5.88 Å². The quantitative estimate of drug-likeness (QED) is 0.692. The van der Waals surface area contributed by atoms with E-state index >= 15 is 0 Å². The maximum atomic E-state index is 11.5. The Balaban J connectivity index is 3.06. The molecule has 4 nitrogen and oxygen atoms in total. The molecule has 0 saturated heterocycles. The fourth-order valence-electron chi connectivity index (χ4n) is 0.986. The molecule has 1 atom stereocenters. The molecule has 1 aromatic heterocycles. The van der Waals surface area contributed by atoms with Crippen LogP contribution in [0.25, 0.3) is 0 Å². The Morgan fingerprint density at radius 1 is 1.69 bits per heavy atom. The molecular formula is C9H12N2O2. The molecule has 0 radical (unpaired) electrons. The predicted octanol–water partition coefficient (Wildman–Crippen LogP) is 0.620. The minimum atomic E-state index is -0.530. The molecule has 1 unspecified atom stereocenters. The van der Waals surface area contributed by atoms with E-state index in [0.717, 1.165) is 0 Å². The second-order valence-corrected chi connectivity index (χ2v) is 2.71. The van der Waals surface area contributed by atoms with Crippen molar-refractivity contribution in [3.8, 4) is 5.88 Å². The molecule has 0 fully saturated rings. The van der Waals surface area contributed by atoms with Crippen LogP contribution in [0.15, 0.2) is 18.3 Å². The minimum Gasteiger partial charge on any atom is -0.480 e. The second-order valence-electron chi connectivity index (χ2n) is 2.71. The van der Waals surface area contributed by atoms with Gasteiger partial charge in [0.1, 0.15) is 0 Å². The summed E-state index contributed by atoms with van der Waals surface area (Å²) in [7, 11) is 1.47. The third kappa shape index (κ3) is 2.03. The monoisotopic (exact) mass is 180 g/mol. The number of methoxy groups -OCH3 is 1.